The average Bonchev–Trinajstić information content (AvgIpc) is 2.88. The maximum Gasteiger partial charge on any atom is 0.0924 e. The Morgan fingerprint density at radius 2 is 1.89 bits per heavy atom. The van der Waals surface area contributed by atoms with E-state index < -0.39 is 0 Å². The predicted molar refractivity (Wildman–Crippen MR) is 75.7 cm³/mol. The van der Waals surface area contributed by atoms with Gasteiger partial charge in [0.2, 0.25) is 0 Å². The Hall–Kier alpha value is -2.42. The second-order valence-electron chi connectivity index (χ2n) is 4.62. The maximum absolute atomic E-state index is 4.59. The zero-order chi connectivity index (χ0) is 13.1. The molecule has 0 saturated heterocycles. The lowest BCUT2D eigenvalue weighted by molar-refractivity contribution is 0.689. The highest BCUT2D eigenvalue weighted by Crippen LogP contribution is 2.15. The lowest BCUT2D eigenvalue weighted by atomic mass is 10.1. The van der Waals surface area contributed by atoms with E-state index in [-0.39, 0.29) is 0 Å². The average molecular weight is 249 g/mol. The quantitative estimate of drug-likeness (QED) is 0.713. The van der Waals surface area contributed by atoms with Crippen LogP contribution >= 0.6 is 0 Å². The number of aryl methyl sites for hydroxylation is 1. The molecule has 0 saturated carbocycles. The second-order valence-corrected chi connectivity index (χ2v) is 4.62. The summed E-state index contributed by atoms with van der Waals surface area (Å²) in [5, 5.41) is 4.59. The fraction of sp³-hybridized carbons (Fsp3) is 0.125. The molecule has 3 rings (SSSR count). The van der Waals surface area contributed by atoms with E-state index in [1.54, 1.807) is 12.4 Å². The van der Waals surface area contributed by atoms with E-state index in [1.807, 2.05) is 29.1 Å². The lowest BCUT2D eigenvalue weighted by Crippen LogP contribution is -2.00. The molecule has 0 unspecified atom stereocenters. The van der Waals surface area contributed by atoms with Crippen molar-refractivity contribution in [2.24, 2.45) is 0 Å². The fourth-order valence-electron chi connectivity index (χ4n) is 2.12. The van der Waals surface area contributed by atoms with Gasteiger partial charge in [0.15, 0.2) is 0 Å². The molecule has 0 aliphatic carbocycles. The predicted octanol–water partition coefficient (Wildman–Crippen LogP) is 3.30. The van der Waals surface area contributed by atoms with Gasteiger partial charge in [-0.1, -0.05) is 29.8 Å². The van der Waals surface area contributed by atoms with Crippen LogP contribution in [0.4, 0.5) is 0 Å². The van der Waals surface area contributed by atoms with Crippen LogP contribution < -0.4 is 0 Å². The Balaban J connectivity index is 1.82. The molecule has 0 spiro atoms. The molecule has 19 heavy (non-hydrogen) atoms. The zero-order valence-electron chi connectivity index (χ0n) is 10.8. The van der Waals surface area contributed by atoms with E-state index in [9.17, 15) is 0 Å². The monoisotopic (exact) mass is 249 g/mol. The molecule has 3 aromatic rings. The third-order valence-corrected chi connectivity index (χ3v) is 3.04. The van der Waals surface area contributed by atoms with Gasteiger partial charge in [0, 0.05) is 24.2 Å². The van der Waals surface area contributed by atoms with Crippen LogP contribution in [0.15, 0.2) is 61.1 Å². The topological polar surface area (TPSA) is 30.7 Å². The molecule has 3 heteroatoms. The van der Waals surface area contributed by atoms with Crippen molar-refractivity contribution in [1.82, 2.24) is 14.8 Å². The highest BCUT2D eigenvalue weighted by molar-refractivity contribution is 5.57. The summed E-state index contributed by atoms with van der Waals surface area (Å²) in [6, 6.07) is 14.5. The second kappa shape index (κ2) is 5.06. The van der Waals surface area contributed by atoms with Crippen molar-refractivity contribution in [2.75, 3.05) is 0 Å². The smallest absolute Gasteiger partial charge is 0.0924 e. The van der Waals surface area contributed by atoms with Gasteiger partial charge in [0.05, 0.1) is 12.2 Å². The molecule has 3 nitrogen and oxygen atoms in total. The summed E-state index contributed by atoms with van der Waals surface area (Å²) in [7, 11) is 0. The summed E-state index contributed by atoms with van der Waals surface area (Å²) < 4.78 is 1.96. The van der Waals surface area contributed by atoms with Crippen molar-refractivity contribution in [3.05, 3.63) is 72.2 Å². The summed E-state index contributed by atoms with van der Waals surface area (Å²) in [6.45, 7) is 2.90. The van der Waals surface area contributed by atoms with Crippen LogP contribution in [0.5, 0.6) is 0 Å². The van der Waals surface area contributed by atoms with Crippen LogP contribution in [0.3, 0.4) is 0 Å². The first-order valence-corrected chi connectivity index (χ1v) is 6.31. The highest BCUT2D eigenvalue weighted by atomic mass is 15.3. The third-order valence-electron chi connectivity index (χ3n) is 3.04. The molecule has 0 amide bonds. The molecule has 0 fully saturated rings. The summed E-state index contributed by atoms with van der Waals surface area (Å²) >= 11 is 0. The first-order valence-electron chi connectivity index (χ1n) is 6.31. The Labute approximate surface area is 112 Å². The van der Waals surface area contributed by atoms with Crippen LogP contribution in [0.2, 0.25) is 0 Å². The van der Waals surface area contributed by atoms with Crippen LogP contribution in [0.1, 0.15) is 11.1 Å². The first kappa shape index (κ1) is 11.7. The number of rotatable bonds is 3. The number of benzene rings is 1. The summed E-state index contributed by atoms with van der Waals surface area (Å²) in [5.41, 5.74) is 4.62. The van der Waals surface area contributed by atoms with E-state index in [2.05, 4.69) is 41.3 Å². The number of aromatic nitrogens is 3. The van der Waals surface area contributed by atoms with Crippen LogP contribution in [-0.2, 0) is 6.54 Å². The largest absolute Gasteiger partial charge is 0.268 e. The van der Waals surface area contributed by atoms with Gasteiger partial charge in [-0.25, -0.2) is 0 Å². The fourth-order valence-corrected chi connectivity index (χ4v) is 2.12. The number of hydrogen-bond donors (Lipinski definition) is 0. The molecule has 0 N–H and O–H groups in total. The highest BCUT2D eigenvalue weighted by Gasteiger charge is 2.02. The Bertz CT molecular complexity index is 671. The van der Waals surface area contributed by atoms with Gasteiger partial charge in [0.25, 0.3) is 0 Å². The van der Waals surface area contributed by atoms with E-state index in [0.29, 0.717) is 0 Å². The molecule has 0 bridgehead atoms. The minimum absolute atomic E-state index is 0.798. The van der Waals surface area contributed by atoms with Gasteiger partial charge >= 0.3 is 0 Å². The summed E-state index contributed by atoms with van der Waals surface area (Å²) in [6.07, 6.45) is 5.59. The molecule has 2 heterocycles. The Morgan fingerprint density at radius 1 is 1.05 bits per heavy atom. The van der Waals surface area contributed by atoms with Gasteiger partial charge in [0.1, 0.15) is 0 Å². The molecule has 0 radical (unpaired) electrons. The number of hydrogen-bond acceptors (Lipinski definition) is 2. The minimum atomic E-state index is 0.798. The molecule has 94 valence electrons. The van der Waals surface area contributed by atoms with E-state index >= 15 is 0 Å². The van der Waals surface area contributed by atoms with Crippen LogP contribution in [-0.4, -0.2) is 14.8 Å². The molecule has 0 aliphatic heterocycles. The number of nitrogens with zero attached hydrogens (tertiary/aromatic N) is 3. The van der Waals surface area contributed by atoms with Crippen molar-refractivity contribution >= 4 is 0 Å². The van der Waals surface area contributed by atoms with Crippen LogP contribution in [0.25, 0.3) is 11.3 Å². The molecule has 2 aromatic heterocycles. The van der Waals surface area contributed by atoms with Crippen molar-refractivity contribution in [2.45, 2.75) is 13.5 Å². The van der Waals surface area contributed by atoms with E-state index in [1.165, 1.54) is 11.1 Å². The van der Waals surface area contributed by atoms with Gasteiger partial charge < -0.3 is 0 Å². The van der Waals surface area contributed by atoms with E-state index in [0.717, 1.165) is 17.8 Å². The normalized spacial score (nSPS) is 10.6. The van der Waals surface area contributed by atoms with E-state index in [4.69, 9.17) is 0 Å². The molecule has 0 aliphatic rings. The van der Waals surface area contributed by atoms with Gasteiger partial charge in [-0.2, -0.15) is 5.10 Å². The van der Waals surface area contributed by atoms with Crippen molar-refractivity contribution in [3.8, 4) is 11.3 Å². The third kappa shape index (κ3) is 2.71. The molecule has 0 atom stereocenters. The zero-order valence-corrected chi connectivity index (χ0v) is 10.8. The van der Waals surface area contributed by atoms with Crippen molar-refractivity contribution in [3.63, 3.8) is 0 Å². The standard InChI is InChI=1S/C16H15N3/c1-13-3-2-4-14(11-13)12-19-10-7-16(18-19)15-5-8-17-9-6-15/h2-11H,12H2,1H3. The number of pyridine rings is 1. The van der Waals surface area contributed by atoms with Gasteiger partial charge in [-0.3, -0.25) is 9.67 Å². The molecular weight excluding hydrogens is 234 g/mol. The minimum Gasteiger partial charge on any atom is -0.268 e. The summed E-state index contributed by atoms with van der Waals surface area (Å²) in [4.78, 5) is 4.02. The SMILES string of the molecule is Cc1cccc(Cn2ccc(-c3ccncc3)n2)c1. The van der Waals surface area contributed by atoms with Crippen LogP contribution in [0, 0.1) is 6.92 Å². The molecular formula is C16H15N3. The Kier molecular flexibility index (Phi) is 3.11. The van der Waals surface area contributed by atoms with Gasteiger partial charge in [-0.15, -0.1) is 0 Å². The maximum atomic E-state index is 4.59. The van der Waals surface area contributed by atoms with Crippen molar-refractivity contribution in [1.29, 1.82) is 0 Å². The summed E-state index contributed by atoms with van der Waals surface area (Å²) in [5.74, 6) is 0. The molecule has 1 aromatic carbocycles. The first-order chi connectivity index (χ1) is 9.31. The lowest BCUT2D eigenvalue weighted by Gasteiger charge is -2.03. The Morgan fingerprint density at radius 3 is 2.68 bits per heavy atom. The van der Waals surface area contributed by atoms with Gasteiger partial charge in [-0.05, 0) is 30.7 Å². The van der Waals surface area contributed by atoms with Crippen molar-refractivity contribution < 1.29 is 0 Å².